The molecule has 0 radical (unpaired) electrons. The van der Waals surface area contributed by atoms with Gasteiger partial charge >= 0.3 is 0 Å². The second-order valence-electron chi connectivity index (χ2n) is 5.57. The highest BCUT2D eigenvalue weighted by molar-refractivity contribution is 14.1. The molecule has 0 atom stereocenters. The molecule has 1 aromatic heterocycles. The summed E-state index contributed by atoms with van der Waals surface area (Å²) in [6.45, 7) is 1.51. The maximum atomic E-state index is 13.6. The molecule has 0 N–H and O–H groups in total. The first-order valence-corrected chi connectivity index (χ1v) is 9.41. The number of hydrogen-bond acceptors (Lipinski definition) is 2. The first-order valence-electron chi connectivity index (χ1n) is 7.80. The molecule has 3 aromatic rings. The predicted octanol–water partition coefficient (Wildman–Crippen LogP) is 4.70. The Balaban J connectivity index is 1.87. The SMILES string of the molecule is O=c1c(I)c(CCl)n(CCOCc2ccccc2)c2ccc(F)cc12. The second-order valence-corrected chi connectivity index (χ2v) is 6.92. The van der Waals surface area contributed by atoms with Gasteiger partial charge < -0.3 is 9.30 Å². The van der Waals surface area contributed by atoms with Crippen LogP contribution >= 0.6 is 34.2 Å². The normalized spacial score (nSPS) is 11.2. The third-order valence-electron chi connectivity index (χ3n) is 3.97. The van der Waals surface area contributed by atoms with Gasteiger partial charge in [0, 0.05) is 11.9 Å². The molecule has 0 unspecified atom stereocenters. The maximum absolute atomic E-state index is 13.6. The molecule has 3 rings (SSSR count). The van der Waals surface area contributed by atoms with Crippen LogP contribution in [0.2, 0.25) is 0 Å². The van der Waals surface area contributed by atoms with E-state index in [4.69, 9.17) is 16.3 Å². The Kier molecular flexibility index (Phi) is 6.09. The summed E-state index contributed by atoms with van der Waals surface area (Å²) in [7, 11) is 0. The highest BCUT2D eigenvalue weighted by Gasteiger charge is 2.15. The molecule has 130 valence electrons. The molecule has 0 aliphatic heterocycles. The van der Waals surface area contributed by atoms with E-state index in [1.54, 1.807) is 6.07 Å². The molecule has 0 saturated heterocycles. The fourth-order valence-electron chi connectivity index (χ4n) is 2.74. The summed E-state index contributed by atoms with van der Waals surface area (Å²) in [5, 5.41) is 0.362. The Labute approximate surface area is 163 Å². The molecule has 0 saturated carbocycles. The fourth-order valence-corrected chi connectivity index (χ4v) is 4.02. The first kappa shape index (κ1) is 18.4. The van der Waals surface area contributed by atoms with Gasteiger partial charge in [0.1, 0.15) is 5.82 Å². The summed E-state index contributed by atoms with van der Waals surface area (Å²) >= 11 is 8.05. The standard InChI is InChI=1S/C19H16ClFINO2/c20-11-17-18(22)19(24)15-10-14(21)6-7-16(15)23(17)8-9-25-12-13-4-2-1-3-5-13/h1-7,10H,8-9,11-12H2. The summed E-state index contributed by atoms with van der Waals surface area (Å²) in [6, 6.07) is 14.2. The maximum Gasteiger partial charge on any atom is 0.203 e. The van der Waals surface area contributed by atoms with Crippen LogP contribution in [0.25, 0.3) is 10.9 Å². The number of benzene rings is 2. The van der Waals surface area contributed by atoms with Gasteiger partial charge in [0.05, 0.1) is 33.9 Å². The molecule has 25 heavy (non-hydrogen) atoms. The highest BCUT2D eigenvalue weighted by Crippen LogP contribution is 2.20. The van der Waals surface area contributed by atoms with Crippen LogP contribution in [0.5, 0.6) is 0 Å². The van der Waals surface area contributed by atoms with Crippen molar-refractivity contribution in [3.63, 3.8) is 0 Å². The molecule has 1 heterocycles. The molecule has 6 heteroatoms. The van der Waals surface area contributed by atoms with Crippen LogP contribution in [0.15, 0.2) is 53.3 Å². The Morgan fingerprint density at radius 2 is 1.92 bits per heavy atom. The Hall–Kier alpha value is -1.44. The lowest BCUT2D eigenvalue weighted by Gasteiger charge is -2.17. The predicted molar refractivity (Wildman–Crippen MR) is 107 cm³/mol. The van der Waals surface area contributed by atoms with E-state index in [2.05, 4.69) is 0 Å². The molecule has 0 aliphatic rings. The summed E-state index contributed by atoms with van der Waals surface area (Å²) < 4.78 is 21.8. The highest BCUT2D eigenvalue weighted by atomic mass is 127. The molecule has 0 bridgehead atoms. The van der Waals surface area contributed by atoms with Crippen molar-refractivity contribution in [1.82, 2.24) is 4.57 Å². The number of nitrogens with zero attached hydrogens (tertiary/aromatic N) is 1. The van der Waals surface area contributed by atoms with Crippen LogP contribution in [-0.2, 0) is 23.8 Å². The molecule has 0 fully saturated rings. The molecule has 0 aliphatic carbocycles. The van der Waals surface area contributed by atoms with Gasteiger partial charge in [-0.1, -0.05) is 30.3 Å². The number of rotatable bonds is 6. The summed E-state index contributed by atoms with van der Waals surface area (Å²) in [6.07, 6.45) is 0. The Morgan fingerprint density at radius 3 is 2.64 bits per heavy atom. The van der Waals surface area contributed by atoms with Crippen molar-refractivity contribution in [2.45, 2.75) is 19.0 Å². The van der Waals surface area contributed by atoms with Gasteiger partial charge in [-0.15, -0.1) is 11.6 Å². The minimum Gasteiger partial charge on any atom is -0.375 e. The number of halogens is 3. The van der Waals surface area contributed by atoms with Crippen molar-refractivity contribution in [2.24, 2.45) is 0 Å². The average molecular weight is 472 g/mol. The van der Waals surface area contributed by atoms with E-state index >= 15 is 0 Å². The van der Waals surface area contributed by atoms with Crippen LogP contribution in [0, 0.1) is 9.39 Å². The minimum atomic E-state index is -0.425. The zero-order valence-corrected chi connectivity index (χ0v) is 16.3. The molecular formula is C19H16ClFINO2. The number of pyridine rings is 1. The van der Waals surface area contributed by atoms with Crippen LogP contribution in [0.1, 0.15) is 11.3 Å². The lowest BCUT2D eigenvalue weighted by atomic mass is 10.1. The minimum absolute atomic E-state index is 0.188. The van der Waals surface area contributed by atoms with Gasteiger partial charge in [0.15, 0.2) is 0 Å². The molecule has 0 amide bonds. The van der Waals surface area contributed by atoms with Crippen molar-refractivity contribution < 1.29 is 9.13 Å². The third-order valence-corrected chi connectivity index (χ3v) is 5.34. The Morgan fingerprint density at radius 1 is 1.16 bits per heavy atom. The van der Waals surface area contributed by atoms with E-state index in [1.807, 2.05) is 57.5 Å². The van der Waals surface area contributed by atoms with Crippen LogP contribution < -0.4 is 5.43 Å². The van der Waals surface area contributed by atoms with Gasteiger partial charge in [-0.3, -0.25) is 4.79 Å². The second kappa shape index (κ2) is 8.29. The summed E-state index contributed by atoms with van der Waals surface area (Å²) in [5.74, 6) is -0.217. The number of alkyl halides is 1. The van der Waals surface area contributed by atoms with Crippen molar-refractivity contribution in [2.75, 3.05) is 6.61 Å². The number of hydrogen-bond donors (Lipinski definition) is 0. The number of ether oxygens (including phenoxy) is 1. The lowest BCUT2D eigenvalue weighted by molar-refractivity contribution is 0.113. The van der Waals surface area contributed by atoms with Crippen LogP contribution in [0.4, 0.5) is 4.39 Å². The average Bonchev–Trinajstić information content (AvgIpc) is 2.63. The van der Waals surface area contributed by atoms with E-state index < -0.39 is 5.82 Å². The summed E-state index contributed by atoms with van der Waals surface area (Å²) in [5.41, 5.74) is 2.31. The van der Waals surface area contributed by atoms with Crippen LogP contribution in [-0.4, -0.2) is 11.2 Å². The quantitative estimate of drug-likeness (QED) is 0.296. The monoisotopic (exact) mass is 471 g/mol. The summed E-state index contributed by atoms with van der Waals surface area (Å²) in [4.78, 5) is 12.4. The van der Waals surface area contributed by atoms with Crippen molar-refractivity contribution in [1.29, 1.82) is 0 Å². The van der Waals surface area contributed by atoms with E-state index in [0.717, 1.165) is 11.3 Å². The molecule has 2 aromatic carbocycles. The third kappa shape index (κ3) is 4.04. The first-order chi connectivity index (χ1) is 12.1. The lowest BCUT2D eigenvalue weighted by Crippen LogP contribution is -2.20. The van der Waals surface area contributed by atoms with E-state index in [1.165, 1.54) is 12.1 Å². The zero-order valence-electron chi connectivity index (χ0n) is 13.3. The van der Waals surface area contributed by atoms with E-state index in [-0.39, 0.29) is 11.3 Å². The van der Waals surface area contributed by atoms with Gasteiger partial charge in [0.25, 0.3) is 0 Å². The number of aromatic nitrogens is 1. The smallest absolute Gasteiger partial charge is 0.203 e. The molecular weight excluding hydrogens is 456 g/mol. The molecule has 3 nitrogen and oxygen atoms in total. The topological polar surface area (TPSA) is 31.2 Å². The zero-order chi connectivity index (χ0) is 17.8. The van der Waals surface area contributed by atoms with Crippen molar-refractivity contribution in [3.05, 3.63) is 79.4 Å². The van der Waals surface area contributed by atoms with Crippen molar-refractivity contribution in [3.8, 4) is 0 Å². The number of fused-ring (bicyclic) bond motifs is 1. The van der Waals surface area contributed by atoms with E-state index in [9.17, 15) is 9.18 Å². The molecule has 0 spiro atoms. The van der Waals surface area contributed by atoms with Gasteiger partial charge in [0.2, 0.25) is 5.43 Å². The van der Waals surface area contributed by atoms with Crippen molar-refractivity contribution >= 4 is 45.1 Å². The van der Waals surface area contributed by atoms with Gasteiger partial charge in [-0.25, -0.2) is 4.39 Å². The largest absolute Gasteiger partial charge is 0.375 e. The van der Waals surface area contributed by atoms with Crippen LogP contribution in [0.3, 0.4) is 0 Å². The Bertz CT molecular complexity index is 944. The van der Waals surface area contributed by atoms with E-state index in [0.29, 0.717) is 34.2 Å². The fraction of sp³-hybridized carbons (Fsp3) is 0.211. The van der Waals surface area contributed by atoms with Gasteiger partial charge in [-0.05, 0) is 46.4 Å². The van der Waals surface area contributed by atoms with Gasteiger partial charge in [-0.2, -0.15) is 0 Å².